The summed E-state index contributed by atoms with van der Waals surface area (Å²) in [5, 5.41) is 20.2. The number of amides is 4. The van der Waals surface area contributed by atoms with Gasteiger partial charge in [0.2, 0.25) is 0 Å². The minimum absolute atomic E-state index is 0.0490. The highest BCUT2D eigenvalue weighted by Crippen LogP contribution is 2.65. The van der Waals surface area contributed by atoms with Gasteiger partial charge in [-0.2, -0.15) is 5.06 Å². The fourth-order valence-electron chi connectivity index (χ4n) is 5.97. The number of halogens is 3. The van der Waals surface area contributed by atoms with Crippen molar-refractivity contribution in [1.29, 1.82) is 0 Å². The summed E-state index contributed by atoms with van der Waals surface area (Å²) in [5.74, 6) is -6.01. The molecule has 4 aliphatic rings. The molecule has 8 nitrogen and oxygen atoms in total. The zero-order chi connectivity index (χ0) is 24.0. The van der Waals surface area contributed by atoms with Crippen LogP contribution >= 0.6 is 39.1 Å². The maximum absolute atomic E-state index is 13.5. The summed E-state index contributed by atoms with van der Waals surface area (Å²) in [6.45, 7) is 1.69. The SMILES string of the molecule is Cc1cc(C2C3=CCC4C(=O)N(O)C(=O)C4C3CC3(Cl)C(=O)N(CBr)C(=O)C23Cl)ccc1O. The van der Waals surface area contributed by atoms with Gasteiger partial charge in [0.25, 0.3) is 23.6 Å². The number of aryl methyl sites for hydroxylation is 1. The van der Waals surface area contributed by atoms with Gasteiger partial charge in [0.05, 0.1) is 17.3 Å². The first-order chi connectivity index (χ1) is 15.5. The van der Waals surface area contributed by atoms with Crippen molar-refractivity contribution in [2.75, 3.05) is 5.45 Å². The van der Waals surface area contributed by atoms with Crippen molar-refractivity contribution in [3.63, 3.8) is 0 Å². The maximum Gasteiger partial charge on any atom is 0.257 e. The molecule has 33 heavy (non-hydrogen) atoms. The number of phenolic OH excluding ortho intramolecular Hbond substituents is 1. The van der Waals surface area contributed by atoms with Gasteiger partial charge in [0.1, 0.15) is 5.75 Å². The number of allylic oxidation sites excluding steroid dienone is 2. The van der Waals surface area contributed by atoms with Crippen LogP contribution in [0.1, 0.15) is 29.9 Å². The average molecular weight is 558 g/mol. The minimum Gasteiger partial charge on any atom is -0.508 e. The zero-order valence-corrected chi connectivity index (χ0v) is 20.4. The van der Waals surface area contributed by atoms with Crippen LogP contribution in [-0.4, -0.2) is 59.1 Å². The minimum atomic E-state index is -1.89. The predicted octanol–water partition coefficient (Wildman–Crippen LogP) is 2.80. The van der Waals surface area contributed by atoms with Crippen molar-refractivity contribution in [2.45, 2.75) is 35.4 Å². The summed E-state index contributed by atoms with van der Waals surface area (Å²) in [4.78, 5) is 49.4. The molecule has 2 heterocycles. The van der Waals surface area contributed by atoms with E-state index in [1.807, 2.05) is 0 Å². The number of likely N-dealkylation sites (tertiary alicyclic amines) is 1. The molecule has 5 rings (SSSR count). The van der Waals surface area contributed by atoms with Gasteiger partial charge in [-0.3, -0.25) is 29.3 Å². The molecule has 1 aromatic carbocycles. The summed E-state index contributed by atoms with van der Waals surface area (Å²) in [6.07, 6.45) is 1.82. The number of benzene rings is 1. The van der Waals surface area contributed by atoms with E-state index in [1.165, 1.54) is 6.07 Å². The van der Waals surface area contributed by atoms with E-state index in [1.54, 1.807) is 25.1 Å². The molecule has 2 N–H and O–H groups in total. The van der Waals surface area contributed by atoms with Crippen LogP contribution in [0.3, 0.4) is 0 Å². The maximum atomic E-state index is 13.5. The first-order valence-corrected chi connectivity index (χ1v) is 12.2. The Labute approximate surface area is 207 Å². The Morgan fingerprint density at radius 3 is 2.45 bits per heavy atom. The van der Waals surface area contributed by atoms with E-state index >= 15 is 0 Å². The normalized spacial score (nSPS) is 37.8. The summed E-state index contributed by atoms with van der Waals surface area (Å²) in [5.41, 5.74) is 1.61. The standard InChI is InChI=1S/C22H19BrCl2N2O6/c1-9-6-10(2-5-14(9)28)16-11-3-4-12-15(18(30)27(33)17(12)29)13(11)7-21(24)19(31)26(8-23)20(32)22(16,21)25/h2-3,5-6,12-13,15-16,28,33H,4,7-8H2,1H3. The van der Waals surface area contributed by atoms with Crippen LogP contribution in [-0.2, 0) is 19.2 Å². The lowest BCUT2D eigenvalue weighted by atomic mass is 9.56. The first kappa shape index (κ1) is 22.8. The average Bonchev–Trinajstić information content (AvgIpc) is 3.09. The monoisotopic (exact) mass is 556 g/mol. The van der Waals surface area contributed by atoms with Crippen LogP contribution in [0.25, 0.3) is 0 Å². The van der Waals surface area contributed by atoms with Crippen LogP contribution in [0.2, 0.25) is 0 Å². The van der Waals surface area contributed by atoms with Crippen molar-refractivity contribution < 1.29 is 29.5 Å². The van der Waals surface area contributed by atoms with E-state index in [0.29, 0.717) is 16.7 Å². The Balaban J connectivity index is 1.76. The number of alkyl halides is 3. The second-order valence-corrected chi connectivity index (χ2v) is 10.8. The molecule has 1 aromatic rings. The summed E-state index contributed by atoms with van der Waals surface area (Å²) in [7, 11) is 0. The van der Waals surface area contributed by atoms with Gasteiger partial charge in [-0.1, -0.05) is 39.7 Å². The largest absolute Gasteiger partial charge is 0.508 e. The van der Waals surface area contributed by atoms with Crippen LogP contribution in [0.5, 0.6) is 5.75 Å². The van der Waals surface area contributed by atoms with E-state index < -0.39 is 57.0 Å². The van der Waals surface area contributed by atoms with E-state index in [0.717, 1.165) is 4.90 Å². The summed E-state index contributed by atoms with van der Waals surface area (Å²) < 4.78 is 0. The number of carbonyl (C=O) groups excluding carboxylic acids is 4. The number of imide groups is 2. The van der Waals surface area contributed by atoms with Gasteiger partial charge in [-0.25, -0.2) is 0 Å². The highest BCUT2D eigenvalue weighted by molar-refractivity contribution is 9.09. The number of aromatic hydroxyl groups is 1. The van der Waals surface area contributed by atoms with Gasteiger partial charge in [0, 0.05) is 5.92 Å². The highest BCUT2D eigenvalue weighted by Gasteiger charge is 2.76. The Morgan fingerprint density at radius 1 is 1.12 bits per heavy atom. The molecule has 174 valence electrons. The molecule has 2 aliphatic carbocycles. The van der Waals surface area contributed by atoms with Crippen molar-refractivity contribution in [3.05, 3.63) is 41.0 Å². The van der Waals surface area contributed by atoms with Crippen LogP contribution in [0.4, 0.5) is 0 Å². The Hall–Kier alpha value is -1.94. The molecule has 2 aliphatic heterocycles. The number of carbonyl (C=O) groups is 4. The molecule has 0 spiro atoms. The fraction of sp³-hybridized carbons (Fsp3) is 0.455. The molecule has 2 saturated heterocycles. The van der Waals surface area contributed by atoms with Crippen molar-refractivity contribution >= 4 is 62.8 Å². The number of phenols is 1. The predicted molar refractivity (Wildman–Crippen MR) is 120 cm³/mol. The van der Waals surface area contributed by atoms with Gasteiger partial charge in [-0.15, -0.1) is 23.2 Å². The molecule has 4 amide bonds. The number of hydrogen-bond donors (Lipinski definition) is 2. The molecule has 3 fully saturated rings. The van der Waals surface area contributed by atoms with Gasteiger partial charge in [0.15, 0.2) is 9.75 Å². The van der Waals surface area contributed by atoms with Gasteiger partial charge < -0.3 is 5.11 Å². The Kier molecular flexibility index (Phi) is 5.04. The van der Waals surface area contributed by atoms with E-state index in [9.17, 15) is 29.5 Å². The van der Waals surface area contributed by atoms with Crippen molar-refractivity contribution in [2.24, 2.45) is 17.8 Å². The summed E-state index contributed by atoms with van der Waals surface area (Å²) >= 11 is 17.2. The Morgan fingerprint density at radius 2 is 1.82 bits per heavy atom. The topological polar surface area (TPSA) is 115 Å². The fourth-order valence-corrected chi connectivity index (χ4v) is 7.39. The van der Waals surface area contributed by atoms with Crippen LogP contribution in [0.15, 0.2) is 29.8 Å². The number of rotatable bonds is 2. The smallest absolute Gasteiger partial charge is 0.257 e. The van der Waals surface area contributed by atoms with Crippen molar-refractivity contribution in [3.8, 4) is 5.75 Å². The van der Waals surface area contributed by atoms with Gasteiger partial charge >= 0.3 is 0 Å². The van der Waals surface area contributed by atoms with E-state index in [4.69, 9.17) is 23.2 Å². The van der Waals surface area contributed by atoms with Crippen LogP contribution < -0.4 is 0 Å². The second-order valence-electron chi connectivity index (χ2n) is 9.02. The van der Waals surface area contributed by atoms with E-state index in [-0.39, 0.29) is 29.1 Å². The molecule has 6 atom stereocenters. The van der Waals surface area contributed by atoms with Gasteiger partial charge in [-0.05, 0) is 42.9 Å². The van der Waals surface area contributed by atoms with Crippen molar-refractivity contribution in [1.82, 2.24) is 9.96 Å². The molecule has 11 heteroatoms. The molecule has 0 aromatic heterocycles. The molecule has 0 bridgehead atoms. The lowest BCUT2D eigenvalue weighted by molar-refractivity contribution is -0.173. The lowest BCUT2D eigenvalue weighted by Gasteiger charge is -2.50. The summed E-state index contributed by atoms with van der Waals surface area (Å²) in [6, 6.07) is 4.75. The number of fused-ring (bicyclic) bond motifs is 4. The van der Waals surface area contributed by atoms with E-state index in [2.05, 4.69) is 15.9 Å². The molecular formula is C22H19BrCl2N2O6. The number of hydrogen-bond acceptors (Lipinski definition) is 6. The highest BCUT2D eigenvalue weighted by atomic mass is 79.9. The zero-order valence-electron chi connectivity index (χ0n) is 17.3. The molecule has 6 unspecified atom stereocenters. The quantitative estimate of drug-likeness (QED) is 0.190. The third-order valence-corrected chi connectivity index (χ3v) is 9.46. The number of nitrogens with zero attached hydrogens (tertiary/aromatic N) is 2. The Bertz CT molecular complexity index is 1170. The molecule has 0 radical (unpaired) electrons. The third-order valence-electron chi connectivity index (χ3n) is 7.55. The van der Waals surface area contributed by atoms with Crippen LogP contribution in [0, 0.1) is 24.7 Å². The lowest BCUT2D eigenvalue weighted by Crippen LogP contribution is -2.60. The number of hydroxylamine groups is 2. The molecular weight excluding hydrogens is 539 g/mol. The first-order valence-electron chi connectivity index (χ1n) is 10.3. The third kappa shape index (κ3) is 2.68. The molecule has 1 saturated carbocycles. The second kappa shape index (κ2) is 7.28.